The van der Waals surface area contributed by atoms with Crippen LogP contribution in [0.1, 0.15) is 67.7 Å². The molecule has 186 valence electrons. The van der Waals surface area contributed by atoms with E-state index in [9.17, 15) is 14.4 Å². The molecule has 8 nitrogen and oxygen atoms in total. The number of hydrogen-bond acceptors (Lipinski definition) is 5. The van der Waals surface area contributed by atoms with Gasteiger partial charge in [0.15, 0.2) is 0 Å². The normalized spacial score (nSPS) is 25.6. The molecule has 2 N–H and O–H groups in total. The average Bonchev–Trinajstić information content (AvgIpc) is 3.16. The predicted octanol–water partition coefficient (Wildman–Crippen LogP) is 3.53. The first-order valence-corrected chi connectivity index (χ1v) is 11.7. The van der Waals surface area contributed by atoms with Crippen molar-refractivity contribution in [1.29, 1.82) is 0 Å². The third-order valence-corrected chi connectivity index (χ3v) is 6.06. The Hall–Kier alpha value is -2.51. The Morgan fingerprint density at radius 2 is 1.85 bits per heavy atom. The van der Waals surface area contributed by atoms with Gasteiger partial charge in [-0.3, -0.25) is 4.79 Å². The largest absolute Gasteiger partial charge is 0.496 e. The summed E-state index contributed by atoms with van der Waals surface area (Å²) in [6, 6.07) is -1.86. The lowest BCUT2D eigenvalue weighted by Gasteiger charge is -2.34. The minimum Gasteiger partial charge on any atom is -0.496 e. The first kappa shape index (κ1) is 26.7. The summed E-state index contributed by atoms with van der Waals surface area (Å²) in [5.41, 5.74) is -1.93. The van der Waals surface area contributed by atoms with Gasteiger partial charge in [0.05, 0.1) is 6.61 Å². The lowest BCUT2D eigenvalue weighted by atomic mass is 9.86. The summed E-state index contributed by atoms with van der Waals surface area (Å²) in [7, 11) is 0. The van der Waals surface area contributed by atoms with Gasteiger partial charge in [0.1, 0.15) is 29.0 Å². The Morgan fingerprint density at radius 1 is 1.21 bits per heavy atom. The molecule has 0 radical (unpaired) electrons. The minimum atomic E-state index is -0.840. The molecule has 0 spiro atoms. The highest BCUT2D eigenvalue weighted by Gasteiger charge is 2.58. The predicted molar refractivity (Wildman–Crippen MR) is 127 cm³/mol. The summed E-state index contributed by atoms with van der Waals surface area (Å²) in [6.45, 7) is 21.6. The van der Waals surface area contributed by atoms with Crippen molar-refractivity contribution in [3.05, 3.63) is 25.0 Å². The summed E-state index contributed by atoms with van der Waals surface area (Å²) in [6.07, 6.45) is 3.67. The molecule has 0 bridgehead atoms. The quantitative estimate of drug-likeness (QED) is 0.326. The van der Waals surface area contributed by atoms with E-state index in [1.54, 1.807) is 26.8 Å². The van der Waals surface area contributed by atoms with E-state index in [0.717, 1.165) is 0 Å². The van der Waals surface area contributed by atoms with E-state index < -0.39 is 34.6 Å². The van der Waals surface area contributed by atoms with Crippen LogP contribution in [0.2, 0.25) is 0 Å². The lowest BCUT2D eigenvalue weighted by Crippen LogP contribution is -2.58. The number of rotatable bonds is 8. The summed E-state index contributed by atoms with van der Waals surface area (Å²) in [5, 5.41) is 5.89. The van der Waals surface area contributed by atoms with E-state index in [1.807, 2.05) is 27.7 Å². The topological polar surface area (TPSA) is 97.0 Å². The number of hydrogen-bond donors (Lipinski definition) is 2. The first-order chi connectivity index (χ1) is 15.2. The number of ether oxygens (including phenoxy) is 2. The van der Waals surface area contributed by atoms with Gasteiger partial charge >= 0.3 is 12.0 Å². The Labute approximate surface area is 198 Å². The highest BCUT2D eigenvalue weighted by molar-refractivity contribution is 5.91. The van der Waals surface area contributed by atoms with Crippen LogP contribution in [-0.4, -0.2) is 59.2 Å². The highest BCUT2D eigenvalue weighted by atomic mass is 16.6. The fourth-order valence-electron chi connectivity index (χ4n) is 4.18. The molecule has 2 unspecified atom stereocenters. The zero-order chi connectivity index (χ0) is 25.2. The number of likely N-dealkylation sites (tertiary alicyclic amines) is 1. The number of carbonyl (C=O) groups is 3. The second kappa shape index (κ2) is 9.77. The molecule has 8 heteroatoms. The molecule has 1 aliphatic carbocycles. The van der Waals surface area contributed by atoms with Gasteiger partial charge in [-0.15, -0.1) is 6.58 Å². The van der Waals surface area contributed by atoms with E-state index in [1.165, 1.54) is 4.90 Å². The van der Waals surface area contributed by atoms with Gasteiger partial charge in [0, 0.05) is 12.5 Å². The molecular formula is C25H41N3O5. The van der Waals surface area contributed by atoms with Crippen LogP contribution in [-0.2, 0) is 19.1 Å². The van der Waals surface area contributed by atoms with Gasteiger partial charge < -0.3 is 25.0 Å². The van der Waals surface area contributed by atoms with Crippen molar-refractivity contribution >= 4 is 17.9 Å². The number of carbonyl (C=O) groups excluding carboxylic acids is 3. The first-order valence-electron chi connectivity index (χ1n) is 11.7. The number of amides is 3. The third-order valence-electron chi connectivity index (χ3n) is 6.06. The molecule has 1 aliphatic heterocycles. The summed E-state index contributed by atoms with van der Waals surface area (Å²) in [4.78, 5) is 40.8. The fraction of sp³-hybridized carbons (Fsp3) is 0.720. The SMILES string of the molecule is C=CC1CC1(NC(=O)N1CCC[C@H]1C(=O)N[C@H](C(=O)OC(C)(C)C)C(C)(C)C)C(=C)OCC. The van der Waals surface area contributed by atoms with Crippen molar-refractivity contribution in [1.82, 2.24) is 15.5 Å². The van der Waals surface area contributed by atoms with Gasteiger partial charge in [-0.25, -0.2) is 9.59 Å². The summed E-state index contributed by atoms with van der Waals surface area (Å²) in [5.74, 6) is -0.313. The van der Waals surface area contributed by atoms with Gasteiger partial charge in [-0.2, -0.15) is 0 Å². The van der Waals surface area contributed by atoms with E-state index in [2.05, 4.69) is 23.8 Å². The fourth-order valence-corrected chi connectivity index (χ4v) is 4.18. The molecule has 0 aromatic heterocycles. The third kappa shape index (κ3) is 6.30. The number of nitrogens with one attached hydrogen (secondary N) is 2. The second-order valence-corrected chi connectivity index (χ2v) is 11.0. The van der Waals surface area contributed by atoms with Crippen LogP contribution < -0.4 is 10.6 Å². The Bertz CT molecular complexity index is 795. The monoisotopic (exact) mass is 463 g/mol. The number of nitrogens with zero attached hydrogens (tertiary/aromatic N) is 1. The smallest absolute Gasteiger partial charge is 0.329 e. The second-order valence-electron chi connectivity index (χ2n) is 11.0. The van der Waals surface area contributed by atoms with Gasteiger partial charge in [0.25, 0.3) is 0 Å². The minimum absolute atomic E-state index is 0.0350. The Morgan fingerprint density at radius 3 is 2.33 bits per heavy atom. The molecule has 2 aliphatic rings. The zero-order valence-corrected chi connectivity index (χ0v) is 21.2. The van der Waals surface area contributed by atoms with E-state index in [0.29, 0.717) is 38.2 Å². The average molecular weight is 464 g/mol. The van der Waals surface area contributed by atoms with Crippen LogP contribution in [0.5, 0.6) is 0 Å². The van der Waals surface area contributed by atoms with Crippen LogP contribution in [0.25, 0.3) is 0 Å². The lowest BCUT2D eigenvalue weighted by molar-refractivity contribution is -0.162. The van der Waals surface area contributed by atoms with Crippen molar-refractivity contribution in [3.63, 3.8) is 0 Å². The van der Waals surface area contributed by atoms with Crippen LogP contribution in [0, 0.1) is 11.3 Å². The van der Waals surface area contributed by atoms with Crippen LogP contribution in [0.3, 0.4) is 0 Å². The van der Waals surface area contributed by atoms with Crippen LogP contribution in [0.15, 0.2) is 25.0 Å². The molecule has 33 heavy (non-hydrogen) atoms. The standard InChI is InChI=1S/C25H41N3O5/c1-10-17-15-25(17,16(3)32-11-2)27-22(31)28-14-12-13-18(28)20(29)26-19(23(4,5)6)21(30)33-24(7,8)9/h10,17-19H,1,3,11-15H2,2,4-9H3,(H,26,29)(H,27,31)/t17?,18-,19+,25?/m0/s1. The maximum Gasteiger partial charge on any atom is 0.329 e. The van der Waals surface area contributed by atoms with E-state index in [4.69, 9.17) is 9.47 Å². The molecule has 2 rings (SSSR count). The molecule has 1 heterocycles. The highest BCUT2D eigenvalue weighted by Crippen LogP contribution is 2.49. The van der Waals surface area contributed by atoms with E-state index in [-0.39, 0.29) is 17.9 Å². The van der Waals surface area contributed by atoms with Gasteiger partial charge in [0.2, 0.25) is 5.91 Å². The molecule has 1 saturated carbocycles. The maximum atomic E-state index is 13.2. The molecule has 2 fully saturated rings. The van der Waals surface area contributed by atoms with Gasteiger partial charge in [-0.05, 0) is 52.4 Å². The summed E-state index contributed by atoms with van der Waals surface area (Å²) >= 11 is 0. The molecule has 4 atom stereocenters. The molecule has 0 aromatic rings. The van der Waals surface area contributed by atoms with Crippen molar-refractivity contribution in [3.8, 4) is 0 Å². The molecular weight excluding hydrogens is 422 g/mol. The maximum absolute atomic E-state index is 13.2. The number of esters is 1. The Kier molecular flexibility index (Phi) is 7.92. The van der Waals surface area contributed by atoms with Crippen molar-refractivity contribution < 1.29 is 23.9 Å². The summed E-state index contributed by atoms with van der Waals surface area (Å²) < 4.78 is 11.1. The van der Waals surface area contributed by atoms with E-state index >= 15 is 0 Å². The van der Waals surface area contributed by atoms with Crippen molar-refractivity contribution in [2.45, 2.75) is 91.0 Å². The molecule has 0 aromatic carbocycles. The number of urea groups is 1. The van der Waals surface area contributed by atoms with Crippen molar-refractivity contribution in [2.75, 3.05) is 13.2 Å². The van der Waals surface area contributed by atoms with Crippen molar-refractivity contribution in [2.24, 2.45) is 11.3 Å². The van der Waals surface area contributed by atoms with Crippen LogP contribution in [0.4, 0.5) is 4.79 Å². The Balaban J connectivity index is 2.13. The van der Waals surface area contributed by atoms with Gasteiger partial charge in [-0.1, -0.05) is 33.4 Å². The molecule has 1 saturated heterocycles. The van der Waals surface area contributed by atoms with Crippen LogP contribution >= 0.6 is 0 Å². The zero-order valence-electron chi connectivity index (χ0n) is 21.2. The molecule has 3 amide bonds.